The third-order valence-corrected chi connectivity index (χ3v) is 4.45. The summed E-state index contributed by atoms with van der Waals surface area (Å²) in [6.07, 6.45) is 5.97. The minimum absolute atomic E-state index is 0.150. The van der Waals surface area contributed by atoms with Gasteiger partial charge in [0.1, 0.15) is 5.66 Å². The normalized spacial score (nSPS) is 20.7. The molecule has 1 fully saturated rings. The number of nitrogens with zero attached hydrogens (tertiary/aromatic N) is 3. The molecule has 5 N–H and O–H groups in total. The van der Waals surface area contributed by atoms with Crippen LogP contribution < -0.4 is 16.4 Å². The van der Waals surface area contributed by atoms with Crippen molar-refractivity contribution in [3.8, 4) is 0 Å². The Morgan fingerprint density at radius 2 is 1.77 bits per heavy atom. The highest BCUT2D eigenvalue weighted by atomic mass is 16.2. The maximum Gasteiger partial charge on any atom is 0.220 e. The van der Waals surface area contributed by atoms with Gasteiger partial charge in [0.05, 0.1) is 0 Å². The summed E-state index contributed by atoms with van der Waals surface area (Å²) in [6, 6.07) is 8.05. The van der Waals surface area contributed by atoms with Crippen molar-refractivity contribution in [1.82, 2.24) is 0 Å². The molecule has 1 aromatic carbocycles. The highest BCUT2D eigenvalue weighted by Crippen LogP contribution is 2.39. The molecular formula is C16H23N5O. The van der Waals surface area contributed by atoms with Gasteiger partial charge in [-0.2, -0.15) is 4.99 Å². The van der Waals surface area contributed by atoms with Crippen LogP contribution in [0.15, 0.2) is 34.3 Å². The van der Waals surface area contributed by atoms with Gasteiger partial charge in [-0.15, -0.1) is 0 Å². The van der Waals surface area contributed by atoms with Crippen molar-refractivity contribution in [2.75, 3.05) is 11.5 Å². The Kier molecular flexibility index (Phi) is 4.02. The number of hydrogen-bond acceptors (Lipinski definition) is 6. The molecule has 1 heterocycles. The smallest absolute Gasteiger partial charge is 0.220 e. The molecule has 1 spiro atoms. The lowest BCUT2D eigenvalue weighted by Gasteiger charge is -2.45. The van der Waals surface area contributed by atoms with Crippen LogP contribution in [0, 0.1) is 0 Å². The lowest BCUT2D eigenvalue weighted by molar-refractivity contribution is 0.299. The Bertz CT molecular complexity index is 587. The van der Waals surface area contributed by atoms with Gasteiger partial charge in [-0.25, -0.2) is 4.99 Å². The van der Waals surface area contributed by atoms with E-state index in [1.807, 2.05) is 29.2 Å². The SMILES string of the molecule is NC1=NC2(CCCCC2)N(c2ccc(CCO)cc2)C(N)=N1. The van der Waals surface area contributed by atoms with Gasteiger partial charge in [-0.3, -0.25) is 4.90 Å². The van der Waals surface area contributed by atoms with Gasteiger partial charge in [0, 0.05) is 12.3 Å². The average Bonchev–Trinajstić information content (AvgIpc) is 2.49. The number of benzene rings is 1. The van der Waals surface area contributed by atoms with Crippen LogP contribution in [0.1, 0.15) is 37.7 Å². The Hall–Kier alpha value is -2.08. The number of guanidine groups is 2. The molecule has 1 saturated carbocycles. The number of anilines is 1. The van der Waals surface area contributed by atoms with Crippen molar-refractivity contribution in [3.63, 3.8) is 0 Å². The topological polar surface area (TPSA) is 100 Å². The molecule has 22 heavy (non-hydrogen) atoms. The first-order valence-electron chi connectivity index (χ1n) is 7.84. The maximum atomic E-state index is 9.03. The van der Waals surface area contributed by atoms with E-state index in [2.05, 4.69) is 9.98 Å². The molecule has 1 aromatic rings. The zero-order chi connectivity index (χ0) is 15.6. The number of rotatable bonds is 3. The van der Waals surface area contributed by atoms with Gasteiger partial charge >= 0.3 is 0 Å². The highest BCUT2D eigenvalue weighted by molar-refractivity contribution is 6.05. The molecule has 6 heteroatoms. The Labute approximate surface area is 130 Å². The summed E-state index contributed by atoms with van der Waals surface area (Å²) in [5.41, 5.74) is 13.7. The third-order valence-electron chi connectivity index (χ3n) is 4.45. The van der Waals surface area contributed by atoms with Gasteiger partial charge in [-0.05, 0) is 49.8 Å². The summed E-state index contributed by atoms with van der Waals surface area (Å²) in [6.45, 7) is 0.150. The molecule has 0 atom stereocenters. The summed E-state index contributed by atoms with van der Waals surface area (Å²) in [4.78, 5) is 10.8. The third kappa shape index (κ3) is 2.66. The number of aliphatic imine (C=N–C) groups is 2. The maximum absolute atomic E-state index is 9.03. The van der Waals surface area contributed by atoms with Crippen LogP contribution in [0.5, 0.6) is 0 Å². The van der Waals surface area contributed by atoms with Crippen LogP contribution >= 0.6 is 0 Å². The van der Waals surface area contributed by atoms with E-state index in [9.17, 15) is 0 Å². The number of nitrogens with two attached hydrogens (primary N) is 2. The quantitative estimate of drug-likeness (QED) is 0.784. The van der Waals surface area contributed by atoms with Gasteiger partial charge in [0.15, 0.2) is 0 Å². The highest BCUT2D eigenvalue weighted by Gasteiger charge is 2.42. The lowest BCUT2D eigenvalue weighted by atomic mass is 9.87. The Morgan fingerprint density at radius 1 is 1.09 bits per heavy atom. The molecule has 3 rings (SSSR count). The largest absolute Gasteiger partial charge is 0.396 e. The first kappa shape index (κ1) is 14.8. The van der Waals surface area contributed by atoms with Crippen molar-refractivity contribution in [3.05, 3.63) is 29.8 Å². The second kappa shape index (κ2) is 5.96. The molecule has 0 aromatic heterocycles. The van der Waals surface area contributed by atoms with E-state index in [-0.39, 0.29) is 12.6 Å². The zero-order valence-corrected chi connectivity index (χ0v) is 12.7. The number of aliphatic hydroxyl groups is 1. The first-order valence-corrected chi connectivity index (χ1v) is 7.84. The number of aliphatic hydroxyl groups excluding tert-OH is 1. The van der Waals surface area contributed by atoms with Crippen molar-refractivity contribution < 1.29 is 5.11 Å². The fourth-order valence-corrected chi connectivity index (χ4v) is 3.44. The van der Waals surface area contributed by atoms with Gasteiger partial charge in [0.2, 0.25) is 11.9 Å². The fraction of sp³-hybridized carbons (Fsp3) is 0.500. The predicted molar refractivity (Wildman–Crippen MR) is 88.8 cm³/mol. The van der Waals surface area contributed by atoms with Gasteiger partial charge < -0.3 is 16.6 Å². The molecule has 0 amide bonds. The van der Waals surface area contributed by atoms with Crippen molar-refractivity contribution in [1.29, 1.82) is 0 Å². The minimum atomic E-state index is -0.396. The molecule has 0 unspecified atom stereocenters. The number of hydrogen-bond donors (Lipinski definition) is 3. The Morgan fingerprint density at radius 3 is 2.41 bits per heavy atom. The van der Waals surface area contributed by atoms with E-state index in [1.165, 1.54) is 6.42 Å². The van der Waals surface area contributed by atoms with E-state index in [0.29, 0.717) is 12.4 Å². The van der Waals surface area contributed by atoms with Crippen LogP contribution in [0.2, 0.25) is 0 Å². The second-order valence-electron chi connectivity index (χ2n) is 5.96. The van der Waals surface area contributed by atoms with Crippen LogP contribution in [-0.4, -0.2) is 29.3 Å². The van der Waals surface area contributed by atoms with Crippen LogP contribution in [0.25, 0.3) is 0 Å². The van der Waals surface area contributed by atoms with Crippen molar-refractivity contribution in [2.45, 2.75) is 44.2 Å². The van der Waals surface area contributed by atoms with Crippen LogP contribution in [0.3, 0.4) is 0 Å². The van der Waals surface area contributed by atoms with Crippen molar-refractivity contribution in [2.24, 2.45) is 21.5 Å². The molecule has 2 aliphatic rings. The summed E-state index contributed by atoms with van der Waals surface area (Å²) >= 11 is 0. The minimum Gasteiger partial charge on any atom is -0.396 e. The lowest BCUT2D eigenvalue weighted by Crippen LogP contribution is -2.58. The average molecular weight is 301 g/mol. The van der Waals surface area contributed by atoms with E-state index in [0.717, 1.165) is 36.9 Å². The van der Waals surface area contributed by atoms with E-state index in [4.69, 9.17) is 16.6 Å². The zero-order valence-electron chi connectivity index (χ0n) is 12.7. The molecular weight excluding hydrogens is 278 g/mol. The summed E-state index contributed by atoms with van der Waals surface area (Å²) in [7, 11) is 0. The first-order chi connectivity index (χ1) is 10.6. The van der Waals surface area contributed by atoms with Gasteiger partial charge in [-0.1, -0.05) is 18.6 Å². The molecule has 0 saturated heterocycles. The molecule has 1 aliphatic carbocycles. The molecule has 0 bridgehead atoms. The van der Waals surface area contributed by atoms with E-state index < -0.39 is 5.66 Å². The molecule has 6 nitrogen and oxygen atoms in total. The van der Waals surface area contributed by atoms with E-state index >= 15 is 0 Å². The van der Waals surface area contributed by atoms with Crippen molar-refractivity contribution >= 4 is 17.6 Å². The predicted octanol–water partition coefficient (Wildman–Crippen LogP) is 1.33. The summed E-state index contributed by atoms with van der Waals surface area (Å²) < 4.78 is 0. The monoisotopic (exact) mass is 301 g/mol. The molecule has 1 aliphatic heterocycles. The molecule has 0 radical (unpaired) electrons. The fourth-order valence-electron chi connectivity index (χ4n) is 3.44. The summed E-state index contributed by atoms with van der Waals surface area (Å²) in [5.74, 6) is 0.678. The van der Waals surface area contributed by atoms with Crippen LogP contribution in [0.4, 0.5) is 5.69 Å². The van der Waals surface area contributed by atoms with E-state index in [1.54, 1.807) is 0 Å². The van der Waals surface area contributed by atoms with Crippen LogP contribution in [-0.2, 0) is 6.42 Å². The summed E-state index contributed by atoms with van der Waals surface area (Å²) in [5, 5.41) is 9.03. The second-order valence-corrected chi connectivity index (χ2v) is 5.96. The Balaban J connectivity index is 1.96. The van der Waals surface area contributed by atoms with Gasteiger partial charge in [0.25, 0.3) is 0 Å². The molecule has 118 valence electrons. The standard InChI is InChI=1S/C16H23N5O/c17-14-19-15(18)21(16(20-14)9-2-1-3-10-16)13-6-4-12(5-7-13)8-11-22/h4-7,22H,1-3,8-11H2,(H4,17,18,19,20).